The van der Waals surface area contributed by atoms with Gasteiger partial charge in [-0.25, -0.2) is 4.98 Å². The van der Waals surface area contributed by atoms with Crippen molar-refractivity contribution < 1.29 is 0 Å². The summed E-state index contributed by atoms with van der Waals surface area (Å²) in [6, 6.07) is 0. The van der Waals surface area contributed by atoms with E-state index in [1.165, 1.54) is 66.7 Å². The summed E-state index contributed by atoms with van der Waals surface area (Å²) in [5, 5.41) is 0. The van der Waals surface area contributed by atoms with Crippen molar-refractivity contribution in [3.63, 3.8) is 0 Å². The number of rotatable bonds is 0. The Bertz CT molecular complexity index is 300. The van der Waals surface area contributed by atoms with E-state index in [9.17, 15) is 0 Å². The van der Waals surface area contributed by atoms with Gasteiger partial charge in [0.1, 0.15) is 0 Å². The summed E-state index contributed by atoms with van der Waals surface area (Å²) in [6.07, 6.45) is 9.49. The van der Waals surface area contributed by atoms with Crippen LogP contribution < -0.4 is 0 Å². The average Bonchev–Trinajstić information content (AvgIpc) is 2.49. The van der Waals surface area contributed by atoms with Crippen LogP contribution in [0.4, 0.5) is 0 Å². The van der Waals surface area contributed by atoms with Gasteiger partial charge in [0, 0.05) is 12.2 Å². The summed E-state index contributed by atoms with van der Waals surface area (Å²) in [5.41, 5.74) is 2.74. The van der Waals surface area contributed by atoms with Crippen molar-refractivity contribution >= 4 is 22.6 Å². The molecule has 2 nitrogen and oxygen atoms in total. The number of aromatic nitrogens is 2. The van der Waals surface area contributed by atoms with Gasteiger partial charge in [-0.1, -0.05) is 25.7 Å². The van der Waals surface area contributed by atoms with Gasteiger partial charge in [0.25, 0.3) is 0 Å². The van der Waals surface area contributed by atoms with Crippen LogP contribution in [0.3, 0.4) is 0 Å². The van der Waals surface area contributed by atoms with Gasteiger partial charge in [0.2, 0.25) is 0 Å². The molecule has 0 atom stereocenters. The third-order valence-corrected chi connectivity index (χ3v) is 4.10. The van der Waals surface area contributed by atoms with Gasteiger partial charge in [-0.3, -0.25) is 0 Å². The Morgan fingerprint density at radius 3 is 2.53 bits per heavy atom. The van der Waals surface area contributed by atoms with Crippen molar-refractivity contribution in [2.45, 2.75) is 58.4 Å². The molecule has 0 bridgehead atoms. The Hall–Kier alpha value is -0.0600. The molecule has 0 unspecified atom stereocenters. The van der Waals surface area contributed by atoms with Crippen LogP contribution in [-0.2, 0) is 13.0 Å². The molecule has 0 amide bonds. The van der Waals surface area contributed by atoms with Gasteiger partial charge < -0.3 is 4.57 Å². The monoisotopic (exact) mass is 318 g/mol. The summed E-state index contributed by atoms with van der Waals surface area (Å²) in [4.78, 5) is 4.59. The maximum absolute atomic E-state index is 4.59. The van der Waals surface area contributed by atoms with E-state index in [0.29, 0.717) is 0 Å². The third-order valence-electron chi connectivity index (χ3n) is 3.27. The first-order valence-corrected chi connectivity index (χ1v) is 7.08. The first-order chi connectivity index (χ1) is 7.29. The van der Waals surface area contributed by atoms with E-state index in [4.69, 9.17) is 0 Å². The zero-order chi connectivity index (χ0) is 10.7. The van der Waals surface area contributed by atoms with Crippen molar-refractivity contribution in [1.29, 1.82) is 0 Å². The summed E-state index contributed by atoms with van der Waals surface area (Å²) in [5.74, 6) is 0. The second-order valence-corrected chi connectivity index (χ2v) is 5.40. The topological polar surface area (TPSA) is 17.8 Å². The lowest BCUT2D eigenvalue weighted by molar-refractivity contribution is 0.512. The fourth-order valence-corrected chi connectivity index (χ4v) is 3.28. The summed E-state index contributed by atoms with van der Waals surface area (Å²) >= 11 is 2.37. The summed E-state index contributed by atoms with van der Waals surface area (Å²) in [7, 11) is 0. The number of hydrogen-bond donors (Lipinski definition) is 0. The van der Waals surface area contributed by atoms with Crippen LogP contribution in [0, 0.1) is 10.8 Å². The molecule has 2 rings (SSSR count). The van der Waals surface area contributed by atoms with Crippen molar-refractivity contribution in [1.82, 2.24) is 9.55 Å². The predicted molar refractivity (Wildman–Crippen MR) is 71.1 cm³/mol. The van der Waals surface area contributed by atoms with E-state index in [2.05, 4.69) is 39.1 Å². The smallest absolute Gasteiger partial charge is 0.171 e. The maximum Gasteiger partial charge on any atom is 0.171 e. The Kier molecular flexibility index (Phi) is 4.05. The van der Waals surface area contributed by atoms with E-state index < -0.39 is 0 Å². The average molecular weight is 318 g/mol. The Morgan fingerprint density at radius 1 is 1.07 bits per heavy atom. The molecule has 2 heterocycles. The predicted octanol–water partition coefficient (Wildman–Crippen LogP) is 3.69. The molecular formula is C12H19IN2. The largest absolute Gasteiger partial charge is 0.323 e. The van der Waals surface area contributed by atoms with Crippen molar-refractivity contribution in [2.24, 2.45) is 0 Å². The number of fused-ring (bicyclic) bond motifs is 1. The molecule has 0 N–H and O–H groups in total. The van der Waals surface area contributed by atoms with E-state index in [1.54, 1.807) is 0 Å². The molecule has 15 heavy (non-hydrogen) atoms. The molecule has 1 aromatic heterocycles. The van der Waals surface area contributed by atoms with E-state index in [0.717, 1.165) is 0 Å². The SMILES string of the molecule is Cc1nc(I)n2c1CCCCCCCC2. The zero-order valence-corrected chi connectivity index (χ0v) is 11.6. The van der Waals surface area contributed by atoms with Crippen LogP contribution in [0.2, 0.25) is 0 Å². The van der Waals surface area contributed by atoms with E-state index >= 15 is 0 Å². The zero-order valence-electron chi connectivity index (χ0n) is 9.43. The van der Waals surface area contributed by atoms with Gasteiger partial charge in [-0.2, -0.15) is 0 Å². The van der Waals surface area contributed by atoms with Crippen LogP contribution in [0.1, 0.15) is 49.9 Å². The number of nitrogens with zero attached hydrogens (tertiary/aromatic N) is 2. The minimum atomic E-state index is 1.18. The summed E-state index contributed by atoms with van der Waals surface area (Å²) < 4.78 is 3.61. The Balaban J connectivity index is 2.21. The highest BCUT2D eigenvalue weighted by atomic mass is 127. The maximum atomic E-state index is 4.59. The van der Waals surface area contributed by atoms with E-state index in [-0.39, 0.29) is 0 Å². The van der Waals surface area contributed by atoms with Gasteiger partial charge in [0.15, 0.2) is 3.83 Å². The number of halogens is 1. The molecule has 0 aliphatic carbocycles. The van der Waals surface area contributed by atoms with E-state index in [1.807, 2.05) is 0 Å². The van der Waals surface area contributed by atoms with Crippen molar-refractivity contribution in [3.8, 4) is 0 Å². The lowest BCUT2D eigenvalue weighted by atomic mass is 10.1. The highest BCUT2D eigenvalue weighted by Gasteiger charge is 2.12. The van der Waals surface area contributed by atoms with Crippen LogP contribution in [0.5, 0.6) is 0 Å². The summed E-state index contributed by atoms with van der Waals surface area (Å²) in [6.45, 7) is 3.33. The molecule has 0 saturated heterocycles. The third kappa shape index (κ3) is 2.74. The van der Waals surface area contributed by atoms with Crippen molar-refractivity contribution in [2.75, 3.05) is 0 Å². The highest BCUT2D eigenvalue weighted by Crippen LogP contribution is 2.20. The number of hydrogen-bond acceptors (Lipinski definition) is 1. The standard InChI is InChI=1S/C12H19IN2/c1-10-11-8-6-4-2-3-5-7-9-15(11)12(13)14-10/h2-9H2,1H3. The number of imidazole rings is 1. The molecule has 0 radical (unpaired) electrons. The molecule has 0 fully saturated rings. The molecule has 1 aromatic rings. The molecule has 0 spiro atoms. The van der Waals surface area contributed by atoms with Crippen LogP contribution in [-0.4, -0.2) is 9.55 Å². The van der Waals surface area contributed by atoms with Crippen LogP contribution in [0.15, 0.2) is 0 Å². The Labute approximate surface area is 106 Å². The first kappa shape index (κ1) is 11.4. The van der Waals surface area contributed by atoms with Gasteiger partial charge in [0.05, 0.1) is 5.69 Å². The van der Waals surface area contributed by atoms with Crippen molar-refractivity contribution in [3.05, 3.63) is 15.2 Å². The van der Waals surface area contributed by atoms with Gasteiger partial charge >= 0.3 is 0 Å². The lowest BCUT2D eigenvalue weighted by Gasteiger charge is -2.12. The highest BCUT2D eigenvalue weighted by molar-refractivity contribution is 14.1. The normalized spacial score (nSPS) is 18.5. The minimum Gasteiger partial charge on any atom is -0.323 e. The molecule has 1 aliphatic rings. The van der Waals surface area contributed by atoms with Gasteiger partial charge in [-0.05, 0) is 48.8 Å². The molecule has 0 saturated carbocycles. The second kappa shape index (κ2) is 5.32. The van der Waals surface area contributed by atoms with Gasteiger partial charge in [-0.15, -0.1) is 0 Å². The molecule has 0 aromatic carbocycles. The second-order valence-electron chi connectivity index (χ2n) is 4.44. The minimum absolute atomic E-state index is 1.18. The molecular weight excluding hydrogens is 299 g/mol. The van der Waals surface area contributed by atoms with Crippen LogP contribution in [0.25, 0.3) is 0 Å². The fourth-order valence-electron chi connectivity index (χ4n) is 2.38. The van der Waals surface area contributed by atoms with Crippen LogP contribution >= 0.6 is 22.6 Å². The molecule has 3 heteroatoms. The molecule has 1 aliphatic heterocycles. The molecule has 84 valence electrons. The Morgan fingerprint density at radius 2 is 1.73 bits per heavy atom. The first-order valence-electron chi connectivity index (χ1n) is 6.00. The number of aryl methyl sites for hydroxylation is 1. The lowest BCUT2D eigenvalue weighted by Crippen LogP contribution is -2.07. The quantitative estimate of drug-likeness (QED) is 0.667. The fraction of sp³-hybridized carbons (Fsp3) is 0.750.